The molecule has 4 aromatic rings. The molecule has 226 valence electrons. The molecule has 2 aliphatic heterocycles. The number of carbonyl (C=O) groups is 1. The number of anilines is 3. The number of aliphatic hydroxyl groups excluding tert-OH is 1. The highest BCUT2D eigenvalue weighted by Crippen LogP contribution is 2.42. The van der Waals surface area contributed by atoms with Gasteiger partial charge in [-0.05, 0) is 66.1 Å². The first-order chi connectivity index (χ1) is 21.4. The number of halogens is 2. The van der Waals surface area contributed by atoms with Crippen molar-refractivity contribution in [1.82, 2.24) is 15.0 Å². The van der Waals surface area contributed by atoms with E-state index in [9.17, 15) is 9.90 Å². The number of nitrogens with two attached hydrogens (primary N) is 1. The summed E-state index contributed by atoms with van der Waals surface area (Å²) >= 11 is 0. The lowest BCUT2D eigenvalue weighted by molar-refractivity contribution is 0.0976. The van der Waals surface area contributed by atoms with Gasteiger partial charge < -0.3 is 25.4 Å². The molecular weight excluding hydrogens is 566 g/mol. The minimum absolute atomic E-state index is 0.0267. The first-order valence-corrected chi connectivity index (χ1v) is 14.9. The minimum Gasteiger partial charge on any atom is -0.392 e. The summed E-state index contributed by atoms with van der Waals surface area (Å²) in [6.45, 7) is 2.29. The van der Waals surface area contributed by atoms with Crippen LogP contribution >= 0.6 is 0 Å². The number of hydrogen-bond donors (Lipinski definition) is 2. The number of nitrogen functional groups attached to an aromatic ring is 1. The van der Waals surface area contributed by atoms with Crippen LogP contribution in [0.1, 0.15) is 57.2 Å². The lowest BCUT2D eigenvalue weighted by Gasteiger charge is -2.31. The van der Waals surface area contributed by atoms with Gasteiger partial charge in [-0.15, -0.1) is 0 Å². The number of aromatic nitrogens is 3. The Morgan fingerprint density at radius 2 is 1.77 bits per heavy atom. The summed E-state index contributed by atoms with van der Waals surface area (Å²) in [6.07, 6.45) is 2.80. The van der Waals surface area contributed by atoms with E-state index < -0.39 is 18.3 Å². The van der Waals surface area contributed by atoms with Crippen LogP contribution in [0.5, 0.6) is 0 Å². The summed E-state index contributed by atoms with van der Waals surface area (Å²) in [7, 11) is 0. The predicted octanol–water partition coefficient (Wildman–Crippen LogP) is 4.40. The number of ether oxygens (including phenoxy) is 1. The zero-order valence-corrected chi connectivity index (χ0v) is 24.1. The van der Waals surface area contributed by atoms with E-state index in [2.05, 4.69) is 15.0 Å². The number of nitrogens with zero attached hydrogens (tertiary/aromatic N) is 5. The Kier molecular flexibility index (Phi) is 7.43. The van der Waals surface area contributed by atoms with Crippen molar-refractivity contribution in [3.63, 3.8) is 0 Å². The third kappa shape index (κ3) is 5.37. The summed E-state index contributed by atoms with van der Waals surface area (Å²) in [6, 6.07) is 13.7. The van der Waals surface area contributed by atoms with Crippen LogP contribution in [0.3, 0.4) is 0 Å². The Hall–Kier alpha value is -4.48. The normalized spacial score (nSPS) is 16.8. The molecular formula is C33H32F2N6O3. The molecule has 44 heavy (non-hydrogen) atoms. The van der Waals surface area contributed by atoms with Gasteiger partial charge >= 0.3 is 0 Å². The molecule has 9 nitrogen and oxygen atoms in total. The van der Waals surface area contributed by atoms with Crippen molar-refractivity contribution in [3.8, 4) is 11.4 Å². The van der Waals surface area contributed by atoms with E-state index in [1.807, 2.05) is 17.0 Å². The van der Waals surface area contributed by atoms with Crippen molar-refractivity contribution >= 4 is 23.2 Å². The molecule has 1 amide bonds. The van der Waals surface area contributed by atoms with Crippen LogP contribution in [0.2, 0.25) is 0 Å². The van der Waals surface area contributed by atoms with Crippen LogP contribution in [0, 0.1) is 11.6 Å². The SMILES string of the molecule is Nc1nc(Cc2ccc(N3CCOCC3)c(F)c2)nc(-c2cccc(N3CCc4cc(C5CC5)cc(F)c4C3=O)c2CO)n1. The third-order valence-electron chi connectivity index (χ3n) is 8.57. The first-order valence-electron chi connectivity index (χ1n) is 14.9. The molecule has 1 saturated carbocycles. The predicted molar refractivity (Wildman–Crippen MR) is 162 cm³/mol. The molecule has 3 heterocycles. The summed E-state index contributed by atoms with van der Waals surface area (Å²) < 4.78 is 35.6. The van der Waals surface area contributed by atoms with Crippen molar-refractivity contribution in [3.05, 3.63) is 93.8 Å². The number of morpholine rings is 1. The van der Waals surface area contributed by atoms with Crippen molar-refractivity contribution in [2.24, 2.45) is 0 Å². The Balaban J connectivity index is 1.18. The molecule has 0 unspecified atom stereocenters. The van der Waals surface area contributed by atoms with Gasteiger partial charge in [-0.1, -0.05) is 24.3 Å². The Bertz CT molecular complexity index is 1760. The summed E-state index contributed by atoms with van der Waals surface area (Å²) in [4.78, 5) is 30.3. The smallest absolute Gasteiger partial charge is 0.261 e. The van der Waals surface area contributed by atoms with Gasteiger partial charge in [0, 0.05) is 37.2 Å². The molecule has 11 heteroatoms. The second kappa shape index (κ2) is 11.5. The average Bonchev–Trinajstić information content (AvgIpc) is 3.87. The van der Waals surface area contributed by atoms with E-state index in [0.717, 1.165) is 24.0 Å². The number of hydrogen-bond acceptors (Lipinski definition) is 8. The van der Waals surface area contributed by atoms with E-state index in [1.165, 1.54) is 17.0 Å². The van der Waals surface area contributed by atoms with Gasteiger partial charge in [-0.2, -0.15) is 9.97 Å². The van der Waals surface area contributed by atoms with Crippen LogP contribution < -0.4 is 15.5 Å². The summed E-state index contributed by atoms with van der Waals surface area (Å²) in [5, 5.41) is 10.5. The lowest BCUT2D eigenvalue weighted by Crippen LogP contribution is -2.39. The second-order valence-electron chi connectivity index (χ2n) is 11.5. The van der Waals surface area contributed by atoms with E-state index in [1.54, 1.807) is 24.3 Å². The quantitative estimate of drug-likeness (QED) is 0.322. The Morgan fingerprint density at radius 1 is 0.955 bits per heavy atom. The van der Waals surface area contributed by atoms with Crippen molar-refractivity contribution < 1.29 is 23.4 Å². The van der Waals surface area contributed by atoms with Crippen LogP contribution in [-0.4, -0.2) is 58.8 Å². The molecule has 7 rings (SSSR count). The Labute approximate surface area is 253 Å². The van der Waals surface area contributed by atoms with Crippen LogP contribution in [0.4, 0.5) is 26.1 Å². The topological polar surface area (TPSA) is 118 Å². The van der Waals surface area contributed by atoms with Crippen molar-refractivity contribution in [2.45, 2.75) is 38.2 Å². The minimum atomic E-state index is -0.509. The zero-order chi connectivity index (χ0) is 30.4. The van der Waals surface area contributed by atoms with E-state index in [4.69, 9.17) is 10.5 Å². The molecule has 1 aromatic heterocycles. The van der Waals surface area contributed by atoms with Gasteiger partial charge in [0.05, 0.1) is 36.8 Å². The highest BCUT2D eigenvalue weighted by molar-refractivity contribution is 6.09. The fourth-order valence-corrected chi connectivity index (χ4v) is 6.22. The standard InChI is InChI=1S/C33H32F2N6O3/c34-25-14-19(4-7-28(25)40-10-12-44-13-11-40)15-29-37-31(39-33(36)38-29)23-2-1-3-27(24(23)18-42)41-9-8-21-16-22(20-5-6-20)17-26(35)30(21)32(41)43/h1-4,7,14,16-17,20,42H,5-6,8-13,15,18H2,(H2,36,37,38,39). The fourth-order valence-electron chi connectivity index (χ4n) is 6.22. The van der Waals surface area contributed by atoms with Crippen molar-refractivity contribution in [2.75, 3.05) is 48.4 Å². The molecule has 3 N–H and O–H groups in total. The maximum atomic E-state index is 15.2. The van der Waals surface area contributed by atoms with Crippen LogP contribution in [0.15, 0.2) is 48.5 Å². The average molecular weight is 599 g/mol. The molecule has 3 aliphatic rings. The maximum Gasteiger partial charge on any atom is 0.261 e. The van der Waals surface area contributed by atoms with Gasteiger partial charge in [-0.25, -0.2) is 13.8 Å². The van der Waals surface area contributed by atoms with Gasteiger partial charge in [0.1, 0.15) is 17.5 Å². The molecule has 0 bridgehead atoms. The number of benzene rings is 3. The summed E-state index contributed by atoms with van der Waals surface area (Å²) in [5.74, 6) is -0.393. The zero-order valence-electron chi connectivity index (χ0n) is 24.1. The molecule has 3 aromatic carbocycles. The fraction of sp³-hybridized carbons (Fsp3) is 0.333. The number of fused-ring (bicyclic) bond motifs is 1. The molecule has 0 atom stereocenters. The van der Waals surface area contributed by atoms with Crippen molar-refractivity contribution in [1.29, 1.82) is 0 Å². The molecule has 1 aliphatic carbocycles. The van der Waals surface area contributed by atoms with E-state index in [-0.39, 0.29) is 29.6 Å². The maximum absolute atomic E-state index is 15.2. The number of amides is 1. The van der Waals surface area contributed by atoms with Gasteiger partial charge in [0.15, 0.2) is 5.82 Å². The molecule has 2 fully saturated rings. The van der Waals surface area contributed by atoms with Crippen LogP contribution in [0.25, 0.3) is 11.4 Å². The Morgan fingerprint density at radius 3 is 2.52 bits per heavy atom. The first kappa shape index (κ1) is 28.3. The number of carbonyl (C=O) groups excluding carboxylic acids is 1. The highest BCUT2D eigenvalue weighted by Gasteiger charge is 2.33. The second-order valence-corrected chi connectivity index (χ2v) is 11.5. The molecule has 0 radical (unpaired) electrons. The van der Waals surface area contributed by atoms with E-state index >= 15 is 8.78 Å². The lowest BCUT2D eigenvalue weighted by atomic mass is 9.93. The molecule has 0 spiro atoms. The molecule has 1 saturated heterocycles. The van der Waals surface area contributed by atoms with Gasteiger partial charge in [0.2, 0.25) is 5.95 Å². The van der Waals surface area contributed by atoms with Crippen LogP contribution in [-0.2, 0) is 24.2 Å². The highest BCUT2D eigenvalue weighted by atomic mass is 19.1. The third-order valence-corrected chi connectivity index (χ3v) is 8.57. The number of rotatable bonds is 7. The van der Waals surface area contributed by atoms with E-state index in [0.29, 0.717) is 79.1 Å². The number of aliphatic hydroxyl groups is 1. The monoisotopic (exact) mass is 598 g/mol. The summed E-state index contributed by atoms with van der Waals surface area (Å²) in [5.41, 5.74) is 10.4. The van der Waals surface area contributed by atoms with Gasteiger partial charge in [-0.3, -0.25) is 4.79 Å². The van der Waals surface area contributed by atoms with Gasteiger partial charge in [0.25, 0.3) is 5.91 Å². The largest absolute Gasteiger partial charge is 0.392 e.